The van der Waals surface area contributed by atoms with E-state index in [1.807, 2.05) is 11.8 Å². The molecule has 1 heterocycles. The molecule has 0 saturated heterocycles. The molecule has 0 N–H and O–H groups in total. The van der Waals surface area contributed by atoms with Gasteiger partial charge in [-0.2, -0.15) is 0 Å². The molecule has 17 heavy (non-hydrogen) atoms. The lowest BCUT2D eigenvalue weighted by Crippen LogP contribution is -2.34. The smallest absolute Gasteiger partial charge is 0.222 e. The molecule has 1 amide bonds. The number of carbonyl (C=O) groups is 1. The molecule has 1 aromatic carbocycles. The average Bonchev–Trinajstić information content (AvgIpc) is 2.39. The largest absolute Gasteiger partial charge is 0.339 e. The molecule has 3 heteroatoms. The first-order valence-electron chi connectivity index (χ1n) is 5.93. The first-order chi connectivity index (χ1) is 8.20. The predicted octanol–water partition coefficient (Wildman–Crippen LogP) is 2.85. The van der Waals surface area contributed by atoms with E-state index < -0.39 is 0 Å². The van der Waals surface area contributed by atoms with Gasteiger partial charge in [-0.25, -0.2) is 4.39 Å². The molecule has 2 nitrogen and oxygen atoms in total. The standard InChI is InChI=1S/C14H16FNO/c1-2-14(17)16-9-7-12(8-10-16)11-3-5-13(15)6-4-11/h3-7H,2,8-10H2,1H3. The first kappa shape index (κ1) is 11.8. The lowest BCUT2D eigenvalue weighted by atomic mass is 9.99. The lowest BCUT2D eigenvalue weighted by Gasteiger charge is -2.26. The summed E-state index contributed by atoms with van der Waals surface area (Å²) in [6.07, 6.45) is 3.46. The van der Waals surface area contributed by atoms with E-state index in [1.165, 1.54) is 17.7 Å². The van der Waals surface area contributed by atoms with Crippen molar-refractivity contribution in [1.82, 2.24) is 4.90 Å². The molecule has 0 aliphatic carbocycles. The SMILES string of the molecule is CCC(=O)N1CC=C(c2ccc(F)cc2)CC1. The highest BCUT2D eigenvalue weighted by atomic mass is 19.1. The van der Waals surface area contributed by atoms with Gasteiger partial charge in [0.1, 0.15) is 5.82 Å². The summed E-state index contributed by atoms with van der Waals surface area (Å²) in [5.41, 5.74) is 2.25. The van der Waals surface area contributed by atoms with Gasteiger partial charge >= 0.3 is 0 Å². The van der Waals surface area contributed by atoms with Crippen molar-refractivity contribution in [3.05, 3.63) is 41.7 Å². The van der Waals surface area contributed by atoms with Gasteiger partial charge in [0.2, 0.25) is 5.91 Å². The highest BCUT2D eigenvalue weighted by Gasteiger charge is 2.16. The normalized spacial score (nSPS) is 15.6. The molecule has 1 aliphatic heterocycles. The van der Waals surface area contributed by atoms with Gasteiger partial charge in [0.05, 0.1) is 0 Å². The van der Waals surface area contributed by atoms with Crippen LogP contribution in [-0.2, 0) is 4.79 Å². The Kier molecular flexibility index (Phi) is 3.57. The van der Waals surface area contributed by atoms with Crippen molar-refractivity contribution in [3.8, 4) is 0 Å². The third-order valence-electron chi connectivity index (χ3n) is 3.08. The van der Waals surface area contributed by atoms with Crippen LogP contribution in [0.3, 0.4) is 0 Å². The molecule has 1 aromatic rings. The zero-order valence-electron chi connectivity index (χ0n) is 9.95. The number of benzene rings is 1. The van der Waals surface area contributed by atoms with Crippen LogP contribution in [-0.4, -0.2) is 23.9 Å². The molecule has 0 bridgehead atoms. The second-order valence-electron chi connectivity index (χ2n) is 4.18. The van der Waals surface area contributed by atoms with Crippen molar-refractivity contribution in [2.75, 3.05) is 13.1 Å². The van der Waals surface area contributed by atoms with Gasteiger partial charge in [0.15, 0.2) is 0 Å². The fraction of sp³-hybridized carbons (Fsp3) is 0.357. The molecule has 2 rings (SSSR count). The number of nitrogens with zero attached hydrogens (tertiary/aromatic N) is 1. The Bertz CT molecular complexity index is 436. The third kappa shape index (κ3) is 2.73. The van der Waals surface area contributed by atoms with Crippen molar-refractivity contribution >= 4 is 11.5 Å². The highest BCUT2D eigenvalue weighted by molar-refractivity contribution is 5.78. The Morgan fingerprint density at radius 3 is 2.59 bits per heavy atom. The molecule has 0 radical (unpaired) electrons. The van der Waals surface area contributed by atoms with E-state index in [4.69, 9.17) is 0 Å². The number of carbonyl (C=O) groups excluding carboxylic acids is 1. The second-order valence-corrected chi connectivity index (χ2v) is 4.18. The van der Waals surface area contributed by atoms with E-state index in [1.54, 1.807) is 12.1 Å². The molecule has 0 spiro atoms. The van der Waals surface area contributed by atoms with Gasteiger partial charge in [-0.05, 0) is 29.7 Å². The van der Waals surface area contributed by atoms with Crippen LogP contribution in [0.15, 0.2) is 30.3 Å². The van der Waals surface area contributed by atoms with E-state index in [0.29, 0.717) is 13.0 Å². The van der Waals surface area contributed by atoms with Crippen LogP contribution in [0.4, 0.5) is 4.39 Å². The van der Waals surface area contributed by atoms with Crippen LogP contribution in [0.5, 0.6) is 0 Å². The summed E-state index contributed by atoms with van der Waals surface area (Å²) in [6, 6.07) is 6.52. The summed E-state index contributed by atoms with van der Waals surface area (Å²) in [5.74, 6) is -0.0210. The molecule has 0 unspecified atom stereocenters. The molecule has 90 valence electrons. The maximum atomic E-state index is 12.8. The quantitative estimate of drug-likeness (QED) is 0.769. The van der Waals surface area contributed by atoms with Crippen molar-refractivity contribution in [1.29, 1.82) is 0 Å². The maximum Gasteiger partial charge on any atom is 0.222 e. The average molecular weight is 233 g/mol. The predicted molar refractivity (Wildman–Crippen MR) is 65.9 cm³/mol. The van der Waals surface area contributed by atoms with Gasteiger partial charge < -0.3 is 4.90 Å². The Labute approximate surface area is 101 Å². The molecule has 0 fully saturated rings. The van der Waals surface area contributed by atoms with Crippen LogP contribution < -0.4 is 0 Å². The minimum Gasteiger partial charge on any atom is -0.339 e. The molecule has 1 aliphatic rings. The van der Waals surface area contributed by atoms with Crippen LogP contribution in [0.1, 0.15) is 25.3 Å². The number of amides is 1. The number of hydrogen-bond acceptors (Lipinski definition) is 1. The summed E-state index contributed by atoms with van der Waals surface area (Å²) < 4.78 is 12.8. The molecular formula is C14H16FNO. The second kappa shape index (κ2) is 5.13. The molecule has 0 atom stereocenters. The van der Waals surface area contributed by atoms with E-state index >= 15 is 0 Å². The van der Waals surface area contributed by atoms with E-state index in [9.17, 15) is 9.18 Å². The van der Waals surface area contributed by atoms with Gasteiger partial charge in [-0.3, -0.25) is 4.79 Å². The number of rotatable bonds is 2. The Morgan fingerprint density at radius 1 is 1.35 bits per heavy atom. The van der Waals surface area contributed by atoms with Crippen molar-refractivity contribution in [3.63, 3.8) is 0 Å². The topological polar surface area (TPSA) is 20.3 Å². The number of hydrogen-bond donors (Lipinski definition) is 0. The van der Waals surface area contributed by atoms with Crippen LogP contribution in [0, 0.1) is 5.82 Å². The summed E-state index contributed by atoms with van der Waals surface area (Å²) in [4.78, 5) is 13.4. The van der Waals surface area contributed by atoms with Crippen LogP contribution >= 0.6 is 0 Å². The molecular weight excluding hydrogens is 217 g/mol. The minimum absolute atomic E-state index is 0.194. The van der Waals surface area contributed by atoms with E-state index in [-0.39, 0.29) is 11.7 Å². The first-order valence-corrected chi connectivity index (χ1v) is 5.93. The summed E-state index contributed by atoms with van der Waals surface area (Å²) in [6.45, 7) is 3.30. The van der Waals surface area contributed by atoms with Gasteiger partial charge in [-0.1, -0.05) is 25.1 Å². The summed E-state index contributed by atoms with van der Waals surface area (Å²) in [7, 11) is 0. The van der Waals surface area contributed by atoms with Crippen molar-refractivity contribution < 1.29 is 9.18 Å². The van der Waals surface area contributed by atoms with Crippen LogP contribution in [0.25, 0.3) is 5.57 Å². The van der Waals surface area contributed by atoms with Gasteiger partial charge in [0, 0.05) is 19.5 Å². The fourth-order valence-electron chi connectivity index (χ4n) is 2.05. The fourth-order valence-corrected chi connectivity index (χ4v) is 2.05. The summed E-state index contributed by atoms with van der Waals surface area (Å²) in [5, 5.41) is 0. The zero-order chi connectivity index (χ0) is 12.3. The van der Waals surface area contributed by atoms with Crippen molar-refractivity contribution in [2.24, 2.45) is 0 Å². The monoisotopic (exact) mass is 233 g/mol. The lowest BCUT2D eigenvalue weighted by molar-refractivity contribution is -0.130. The molecule has 0 saturated carbocycles. The summed E-state index contributed by atoms with van der Waals surface area (Å²) >= 11 is 0. The Balaban J connectivity index is 2.08. The minimum atomic E-state index is -0.215. The van der Waals surface area contributed by atoms with Crippen LogP contribution in [0.2, 0.25) is 0 Å². The van der Waals surface area contributed by atoms with E-state index in [0.717, 1.165) is 18.5 Å². The maximum absolute atomic E-state index is 12.8. The van der Waals surface area contributed by atoms with Gasteiger partial charge in [0.25, 0.3) is 0 Å². The van der Waals surface area contributed by atoms with Crippen molar-refractivity contribution in [2.45, 2.75) is 19.8 Å². The Hall–Kier alpha value is -1.64. The molecule has 0 aromatic heterocycles. The number of halogens is 1. The van der Waals surface area contributed by atoms with Gasteiger partial charge in [-0.15, -0.1) is 0 Å². The zero-order valence-corrected chi connectivity index (χ0v) is 9.95. The highest BCUT2D eigenvalue weighted by Crippen LogP contribution is 2.22. The third-order valence-corrected chi connectivity index (χ3v) is 3.08. The Morgan fingerprint density at radius 2 is 2.06 bits per heavy atom. The van der Waals surface area contributed by atoms with E-state index in [2.05, 4.69) is 6.08 Å².